The molecule has 2 aliphatic rings. The molecule has 0 atom stereocenters. The van der Waals surface area contributed by atoms with Gasteiger partial charge in [0.1, 0.15) is 11.3 Å². The average molecular weight is 467 g/mol. The number of hydrogen-bond donors (Lipinski definition) is 2. The highest BCUT2D eigenvalue weighted by atomic mass is 15.0. The highest BCUT2D eigenvalue weighted by molar-refractivity contribution is 5.92. The zero-order chi connectivity index (χ0) is 23.9. The molecular weight excluding hydrogens is 448 g/mol. The maximum atomic E-state index is 4.79. The lowest BCUT2D eigenvalue weighted by molar-refractivity contribution is 1.16. The molecule has 5 aromatic rings. The molecule has 0 fully saturated rings. The lowest BCUT2D eigenvalue weighted by atomic mass is 10.1. The minimum absolute atomic E-state index is 0.594. The van der Waals surface area contributed by atoms with Gasteiger partial charge in [0, 0.05) is 18.0 Å². The van der Waals surface area contributed by atoms with Crippen LogP contribution in [0.4, 0.5) is 0 Å². The molecule has 0 spiro atoms. The molecule has 7 rings (SSSR count). The second-order valence-electron chi connectivity index (χ2n) is 8.30. The molecule has 0 unspecified atom stereocenters. The molecular formula is C28H18N8. The van der Waals surface area contributed by atoms with Gasteiger partial charge in [-0.15, -0.1) is 0 Å². The Balaban J connectivity index is 1.58. The minimum atomic E-state index is 0.594. The van der Waals surface area contributed by atoms with E-state index < -0.39 is 0 Å². The number of fused-ring (bicyclic) bond motifs is 8. The first kappa shape index (κ1) is 20.2. The van der Waals surface area contributed by atoms with E-state index in [2.05, 4.69) is 19.9 Å². The summed E-state index contributed by atoms with van der Waals surface area (Å²) in [5.74, 6) is 1.19. The third-order valence-electron chi connectivity index (χ3n) is 5.95. The Bertz CT molecular complexity index is 1740. The van der Waals surface area contributed by atoms with Crippen LogP contribution in [-0.4, -0.2) is 39.9 Å². The molecule has 0 aliphatic carbocycles. The average Bonchev–Trinajstić information content (AvgIpc) is 3.72. The van der Waals surface area contributed by atoms with Crippen LogP contribution in [0.25, 0.3) is 69.1 Å². The molecule has 8 heteroatoms. The van der Waals surface area contributed by atoms with Crippen molar-refractivity contribution in [3.05, 3.63) is 96.1 Å². The number of rotatable bonds is 2. The first-order valence-corrected chi connectivity index (χ1v) is 11.5. The zero-order valence-electron chi connectivity index (χ0n) is 18.9. The van der Waals surface area contributed by atoms with Gasteiger partial charge in [-0.1, -0.05) is 12.1 Å². The summed E-state index contributed by atoms with van der Waals surface area (Å²) < 4.78 is 0. The molecule has 5 aromatic heterocycles. The summed E-state index contributed by atoms with van der Waals surface area (Å²) in [6, 6.07) is 19.5. The lowest BCUT2D eigenvalue weighted by Gasteiger charge is -2.02. The van der Waals surface area contributed by atoms with Crippen molar-refractivity contribution in [1.29, 1.82) is 0 Å². The van der Waals surface area contributed by atoms with E-state index >= 15 is 0 Å². The van der Waals surface area contributed by atoms with Gasteiger partial charge in [-0.3, -0.25) is 9.97 Å². The molecule has 2 N–H and O–H groups in total. The smallest absolute Gasteiger partial charge is 0.155 e. The highest BCUT2D eigenvalue weighted by Gasteiger charge is 2.15. The van der Waals surface area contributed by atoms with E-state index in [1.807, 2.05) is 85.0 Å². The Labute approximate surface area is 205 Å². The van der Waals surface area contributed by atoms with Crippen LogP contribution in [0.15, 0.2) is 73.1 Å². The predicted molar refractivity (Wildman–Crippen MR) is 141 cm³/mol. The van der Waals surface area contributed by atoms with Crippen LogP contribution in [0.2, 0.25) is 0 Å². The summed E-state index contributed by atoms with van der Waals surface area (Å²) in [5, 5.41) is 0. The normalized spacial score (nSPS) is 12.2. The van der Waals surface area contributed by atoms with Crippen LogP contribution >= 0.6 is 0 Å². The number of pyridine rings is 2. The van der Waals surface area contributed by atoms with Gasteiger partial charge in [-0.2, -0.15) is 0 Å². The number of nitrogens with zero attached hydrogens (tertiary/aromatic N) is 6. The largest absolute Gasteiger partial charge is 0.340 e. The Morgan fingerprint density at radius 2 is 1.00 bits per heavy atom. The molecule has 0 amide bonds. The van der Waals surface area contributed by atoms with Gasteiger partial charge in [-0.05, 0) is 72.8 Å². The summed E-state index contributed by atoms with van der Waals surface area (Å²) in [6.45, 7) is 0. The molecule has 0 saturated heterocycles. The van der Waals surface area contributed by atoms with Gasteiger partial charge >= 0.3 is 0 Å². The molecule has 7 heterocycles. The van der Waals surface area contributed by atoms with Crippen molar-refractivity contribution < 1.29 is 0 Å². The fourth-order valence-electron chi connectivity index (χ4n) is 4.38. The van der Waals surface area contributed by atoms with Crippen molar-refractivity contribution in [1.82, 2.24) is 39.9 Å². The summed E-state index contributed by atoms with van der Waals surface area (Å²) in [7, 11) is 0. The van der Waals surface area contributed by atoms with Crippen LogP contribution in [0.1, 0.15) is 23.0 Å². The molecule has 8 nitrogen and oxygen atoms in total. The number of H-pyrrole nitrogens is 2. The van der Waals surface area contributed by atoms with Gasteiger partial charge < -0.3 is 9.97 Å². The van der Waals surface area contributed by atoms with Gasteiger partial charge in [0.2, 0.25) is 0 Å². The highest BCUT2D eigenvalue weighted by Crippen LogP contribution is 2.30. The summed E-state index contributed by atoms with van der Waals surface area (Å²) in [5.41, 5.74) is 8.02. The molecule has 0 aromatic carbocycles. The van der Waals surface area contributed by atoms with Crippen LogP contribution in [-0.2, 0) is 0 Å². The maximum Gasteiger partial charge on any atom is 0.155 e. The Kier molecular flexibility index (Phi) is 4.60. The quantitative estimate of drug-likeness (QED) is 0.345. The lowest BCUT2D eigenvalue weighted by Crippen LogP contribution is -1.92. The zero-order valence-corrected chi connectivity index (χ0v) is 18.9. The van der Waals surface area contributed by atoms with Crippen molar-refractivity contribution in [3.8, 4) is 22.5 Å². The molecule has 2 aliphatic heterocycles. The van der Waals surface area contributed by atoms with Gasteiger partial charge in [0.05, 0.1) is 39.4 Å². The van der Waals surface area contributed by atoms with E-state index in [0.717, 1.165) is 44.9 Å². The van der Waals surface area contributed by atoms with E-state index in [1.54, 1.807) is 12.4 Å². The van der Waals surface area contributed by atoms with Crippen LogP contribution in [0.3, 0.4) is 0 Å². The Morgan fingerprint density at radius 1 is 0.472 bits per heavy atom. The Morgan fingerprint density at radius 3 is 1.50 bits per heavy atom. The van der Waals surface area contributed by atoms with Crippen molar-refractivity contribution in [2.45, 2.75) is 0 Å². The molecule has 36 heavy (non-hydrogen) atoms. The molecule has 170 valence electrons. The van der Waals surface area contributed by atoms with Crippen LogP contribution in [0, 0.1) is 0 Å². The Hall–Kier alpha value is -5.24. The van der Waals surface area contributed by atoms with Crippen molar-refractivity contribution in [3.63, 3.8) is 0 Å². The molecule has 0 radical (unpaired) electrons. The van der Waals surface area contributed by atoms with Gasteiger partial charge in [0.15, 0.2) is 11.6 Å². The van der Waals surface area contributed by atoms with E-state index in [-0.39, 0.29) is 0 Å². The number of nitrogens with one attached hydrogen (secondary N) is 2. The number of aromatic amines is 2. The van der Waals surface area contributed by atoms with E-state index in [4.69, 9.17) is 19.9 Å². The fourth-order valence-corrected chi connectivity index (χ4v) is 4.38. The van der Waals surface area contributed by atoms with E-state index in [0.29, 0.717) is 22.9 Å². The third-order valence-corrected chi connectivity index (χ3v) is 5.95. The van der Waals surface area contributed by atoms with Crippen LogP contribution in [0.5, 0.6) is 0 Å². The van der Waals surface area contributed by atoms with Gasteiger partial charge in [-0.25, -0.2) is 19.9 Å². The molecule has 8 bridgehead atoms. The SMILES string of the molecule is C1=Cc2nc1nc1ccc([nH]1)c(-c1ccccn1)c1ccc(nc3nc(c2-c2ccccn2)C=C3)[nH]1. The first-order valence-electron chi connectivity index (χ1n) is 11.5. The predicted octanol–water partition coefficient (Wildman–Crippen LogP) is 5.57. The van der Waals surface area contributed by atoms with E-state index in [1.165, 1.54) is 0 Å². The summed E-state index contributed by atoms with van der Waals surface area (Å²) in [6.07, 6.45) is 11.2. The third kappa shape index (κ3) is 3.57. The standard InChI is InChI=1S/C28H18N8/c1-3-15-29-17(5-1)27-19-7-11-23(31-19)35-25-13-9-21(33-25)28(18-6-2-4-16-30-18)22-10-14-26(34-22)36-24-12-8-20(27)32-24/h1-16H,(H,31,33,35)(H,32,34,36). The second-order valence-corrected chi connectivity index (χ2v) is 8.30. The monoisotopic (exact) mass is 466 g/mol. The molecule has 0 saturated carbocycles. The maximum absolute atomic E-state index is 4.79. The fraction of sp³-hybridized carbons (Fsp3) is 0. The second kappa shape index (κ2) is 8.21. The first-order chi connectivity index (χ1) is 17.8. The van der Waals surface area contributed by atoms with Crippen molar-refractivity contribution in [2.24, 2.45) is 0 Å². The minimum Gasteiger partial charge on any atom is -0.340 e. The summed E-state index contributed by atoms with van der Waals surface area (Å²) >= 11 is 0. The summed E-state index contributed by atoms with van der Waals surface area (Å²) in [4.78, 5) is 35.1. The topological polar surface area (TPSA) is 109 Å². The van der Waals surface area contributed by atoms with Crippen molar-refractivity contribution >= 4 is 46.6 Å². The number of aromatic nitrogens is 8. The van der Waals surface area contributed by atoms with E-state index in [9.17, 15) is 0 Å². The number of hydrogen-bond acceptors (Lipinski definition) is 6. The van der Waals surface area contributed by atoms with Gasteiger partial charge in [0.25, 0.3) is 0 Å². The van der Waals surface area contributed by atoms with Crippen molar-refractivity contribution in [2.75, 3.05) is 0 Å². The van der Waals surface area contributed by atoms with Crippen LogP contribution < -0.4 is 0 Å².